The van der Waals surface area contributed by atoms with Crippen molar-refractivity contribution in [2.75, 3.05) is 6.61 Å². The maximum atomic E-state index is 11.5. The molecular formula is C25H24N4O4. The van der Waals surface area contributed by atoms with Crippen LogP contribution in [0.1, 0.15) is 17.2 Å². The highest BCUT2D eigenvalue weighted by molar-refractivity contribution is 5.75. The Morgan fingerprint density at radius 2 is 1.67 bits per heavy atom. The first kappa shape index (κ1) is 22.2. The highest BCUT2D eigenvalue weighted by Gasteiger charge is 2.17. The van der Waals surface area contributed by atoms with Gasteiger partial charge in [0.15, 0.2) is 0 Å². The zero-order chi connectivity index (χ0) is 22.9. The summed E-state index contributed by atoms with van der Waals surface area (Å²) in [6, 6.07) is 27.2. The van der Waals surface area contributed by atoms with E-state index >= 15 is 0 Å². The lowest BCUT2D eigenvalue weighted by Crippen LogP contribution is -2.26. The summed E-state index contributed by atoms with van der Waals surface area (Å²) in [6.07, 6.45) is 1.34. The van der Waals surface area contributed by atoms with E-state index in [2.05, 4.69) is 10.3 Å². The van der Waals surface area contributed by atoms with Crippen LogP contribution in [0.2, 0.25) is 0 Å². The van der Waals surface area contributed by atoms with Crippen LogP contribution in [-0.4, -0.2) is 32.7 Å². The lowest BCUT2D eigenvalue weighted by molar-refractivity contribution is -0.136. The Labute approximate surface area is 191 Å². The topological polar surface area (TPSA) is 98.5 Å². The van der Waals surface area contributed by atoms with Gasteiger partial charge in [0.1, 0.15) is 30.8 Å². The number of rotatable bonds is 10. The Kier molecular flexibility index (Phi) is 7.42. The SMILES string of the molecule is O=C(CO[C@H](Cn1cc(-c2ccccc2)nn1)c1ccc(OCc2ccccc2)cc1)NO. The van der Waals surface area contributed by atoms with Gasteiger partial charge in [0.2, 0.25) is 0 Å². The van der Waals surface area contributed by atoms with Gasteiger partial charge in [-0.15, -0.1) is 5.10 Å². The maximum Gasteiger partial charge on any atom is 0.269 e. The predicted molar refractivity (Wildman–Crippen MR) is 121 cm³/mol. The van der Waals surface area contributed by atoms with Gasteiger partial charge in [0.05, 0.1) is 12.7 Å². The van der Waals surface area contributed by atoms with Gasteiger partial charge in [0.25, 0.3) is 5.91 Å². The van der Waals surface area contributed by atoms with Crippen molar-refractivity contribution in [3.05, 3.63) is 102 Å². The average molecular weight is 444 g/mol. The first-order valence-corrected chi connectivity index (χ1v) is 10.5. The molecule has 8 nitrogen and oxygen atoms in total. The van der Waals surface area contributed by atoms with Crippen molar-refractivity contribution in [1.82, 2.24) is 20.5 Å². The van der Waals surface area contributed by atoms with Crippen molar-refractivity contribution in [2.24, 2.45) is 0 Å². The second-order valence-electron chi connectivity index (χ2n) is 7.37. The highest BCUT2D eigenvalue weighted by atomic mass is 16.5. The Bertz CT molecular complexity index is 1150. The zero-order valence-corrected chi connectivity index (χ0v) is 17.9. The number of carbonyl (C=O) groups excluding carboxylic acids is 1. The van der Waals surface area contributed by atoms with Crippen LogP contribution < -0.4 is 10.2 Å². The minimum atomic E-state index is -0.633. The molecule has 0 saturated heterocycles. The third-order valence-corrected chi connectivity index (χ3v) is 5.00. The molecule has 168 valence electrons. The standard InChI is InChI=1S/C25H24N4O4/c30-25(27-31)18-33-24(16-29-15-23(26-28-29)20-9-5-2-6-10-20)21-11-13-22(14-12-21)32-17-19-7-3-1-4-8-19/h1-15,24,31H,16-18H2,(H,27,30)/t24-/m1/s1. The molecule has 0 aliphatic carbocycles. The summed E-state index contributed by atoms with van der Waals surface area (Å²) in [5.74, 6) is 0.0907. The number of nitrogens with one attached hydrogen (secondary N) is 1. The van der Waals surface area contributed by atoms with Crippen molar-refractivity contribution in [3.8, 4) is 17.0 Å². The molecule has 0 unspecified atom stereocenters. The molecule has 1 heterocycles. The third-order valence-electron chi connectivity index (χ3n) is 5.00. The average Bonchev–Trinajstić information content (AvgIpc) is 3.35. The van der Waals surface area contributed by atoms with Crippen molar-refractivity contribution in [2.45, 2.75) is 19.3 Å². The number of hydrogen-bond acceptors (Lipinski definition) is 6. The fourth-order valence-electron chi connectivity index (χ4n) is 3.28. The minimum Gasteiger partial charge on any atom is -0.489 e. The van der Waals surface area contributed by atoms with E-state index < -0.39 is 12.0 Å². The van der Waals surface area contributed by atoms with E-state index in [1.165, 1.54) is 0 Å². The molecule has 8 heteroatoms. The predicted octanol–water partition coefficient (Wildman–Crippen LogP) is 3.79. The lowest BCUT2D eigenvalue weighted by atomic mass is 10.1. The molecule has 0 fully saturated rings. The summed E-state index contributed by atoms with van der Waals surface area (Å²) in [5, 5.41) is 17.2. The zero-order valence-electron chi connectivity index (χ0n) is 17.9. The van der Waals surface area contributed by atoms with Gasteiger partial charge in [-0.3, -0.25) is 10.0 Å². The molecular weight excluding hydrogens is 420 g/mol. The van der Waals surface area contributed by atoms with E-state index in [-0.39, 0.29) is 6.61 Å². The summed E-state index contributed by atoms with van der Waals surface area (Å²) in [5.41, 5.74) is 5.20. The molecule has 33 heavy (non-hydrogen) atoms. The van der Waals surface area contributed by atoms with E-state index in [0.29, 0.717) is 13.2 Å². The molecule has 0 bridgehead atoms. The smallest absolute Gasteiger partial charge is 0.269 e. The van der Waals surface area contributed by atoms with Gasteiger partial charge >= 0.3 is 0 Å². The van der Waals surface area contributed by atoms with Crippen LogP contribution in [0.3, 0.4) is 0 Å². The van der Waals surface area contributed by atoms with Gasteiger partial charge < -0.3 is 9.47 Å². The molecule has 1 atom stereocenters. The highest BCUT2D eigenvalue weighted by Crippen LogP contribution is 2.24. The van der Waals surface area contributed by atoms with Crippen LogP contribution in [0.4, 0.5) is 0 Å². The Hall–Kier alpha value is -4.01. The molecule has 1 aromatic heterocycles. The summed E-state index contributed by atoms with van der Waals surface area (Å²) < 4.78 is 13.3. The largest absolute Gasteiger partial charge is 0.489 e. The summed E-state index contributed by atoms with van der Waals surface area (Å²) in [4.78, 5) is 11.5. The fourth-order valence-corrected chi connectivity index (χ4v) is 3.28. The van der Waals surface area contributed by atoms with E-state index in [1.807, 2.05) is 91.1 Å². The fraction of sp³-hybridized carbons (Fsp3) is 0.160. The number of nitrogens with zero attached hydrogens (tertiary/aromatic N) is 3. The molecule has 4 rings (SSSR count). The number of ether oxygens (including phenoxy) is 2. The van der Waals surface area contributed by atoms with Crippen LogP contribution in [0.15, 0.2) is 91.1 Å². The van der Waals surface area contributed by atoms with Crippen LogP contribution in [0.25, 0.3) is 11.3 Å². The molecule has 3 aromatic carbocycles. The second-order valence-corrected chi connectivity index (χ2v) is 7.37. The lowest BCUT2D eigenvalue weighted by Gasteiger charge is -2.18. The van der Waals surface area contributed by atoms with E-state index in [9.17, 15) is 4.79 Å². The molecule has 1 amide bonds. The number of aromatic nitrogens is 3. The van der Waals surface area contributed by atoms with Crippen molar-refractivity contribution < 1.29 is 19.5 Å². The van der Waals surface area contributed by atoms with E-state index in [1.54, 1.807) is 10.2 Å². The molecule has 0 aliphatic rings. The number of carbonyl (C=O) groups is 1. The number of hydrogen-bond donors (Lipinski definition) is 2. The maximum absolute atomic E-state index is 11.5. The minimum absolute atomic E-state index is 0.298. The van der Waals surface area contributed by atoms with Gasteiger partial charge in [-0.1, -0.05) is 78.0 Å². The van der Waals surface area contributed by atoms with Gasteiger partial charge in [-0.05, 0) is 23.3 Å². The number of amides is 1. The molecule has 0 spiro atoms. The van der Waals surface area contributed by atoms with Crippen LogP contribution in [0.5, 0.6) is 5.75 Å². The van der Waals surface area contributed by atoms with Crippen molar-refractivity contribution >= 4 is 5.91 Å². The van der Waals surface area contributed by atoms with Crippen LogP contribution in [0, 0.1) is 0 Å². The first-order valence-electron chi connectivity index (χ1n) is 10.5. The molecule has 0 saturated carbocycles. The van der Waals surface area contributed by atoms with Crippen molar-refractivity contribution in [1.29, 1.82) is 0 Å². The number of hydroxylamine groups is 1. The van der Waals surface area contributed by atoms with Gasteiger partial charge in [0, 0.05) is 5.56 Å². The quantitative estimate of drug-likeness (QED) is 0.285. The Balaban J connectivity index is 1.46. The van der Waals surface area contributed by atoms with Gasteiger partial charge in [-0.25, -0.2) is 10.2 Å². The monoisotopic (exact) mass is 444 g/mol. The van der Waals surface area contributed by atoms with Crippen molar-refractivity contribution in [3.63, 3.8) is 0 Å². The second kappa shape index (κ2) is 11.0. The van der Waals surface area contributed by atoms with Crippen LogP contribution in [-0.2, 0) is 22.7 Å². The van der Waals surface area contributed by atoms with Gasteiger partial charge in [-0.2, -0.15) is 0 Å². The van der Waals surface area contributed by atoms with Crippen LogP contribution >= 0.6 is 0 Å². The summed E-state index contributed by atoms with van der Waals surface area (Å²) in [6.45, 7) is 0.508. The van der Waals surface area contributed by atoms with E-state index in [4.69, 9.17) is 14.7 Å². The molecule has 2 N–H and O–H groups in total. The van der Waals surface area contributed by atoms with E-state index in [0.717, 1.165) is 28.1 Å². The normalized spacial score (nSPS) is 11.7. The third kappa shape index (κ3) is 6.25. The Morgan fingerprint density at radius 1 is 0.970 bits per heavy atom. The number of benzene rings is 3. The summed E-state index contributed by atoms with van der Waals surface area (Å²) in [7, 11) is 0. The molecule has 4 aromatic rings. The molecule has 0 radical (unpaired) electrons. The Morgan fingerprint density at radius 3 is 2.36 bits per heavy atom. The summed E-state index contributed by atoms with van der Waals surface area (Å²) >= 11 is 0. The molecule has 0 aliphatic heterocycles. The first-order chi connectivity index (χ1) is 16.2.